The summed E-state index contributed by atoms with van der Waals surface area (Å²) < 4.78 is 45.7. The second kappa shape index (κ2) is 7.95. The van der Waals surface area contributed by atoms with Crippen molar-refractivity contribution < 1.29 is 22.7 Å². The number of hydrogen-bond acceptors (Lipinski definition) is 4. The van der Waals surface area contributed by atoms with Gasteiger partial charge in [0, 0.05) is 17.5 Å². The maximum atomic E-state index is 13.4. The molecule has 0 fully saturated rings. The zero-order valence-corrected chi connectivity index (χ0v) is 18.8. The minimum Gasteiger partial charge on any atom is -0.444 e. The van der Waals surface area contributed by atoms with Crippen LogP contribution in [-0.2, 0) is 30.4 Å². The average molecular weight is 465 g/mol. The highest BCUT2D eigenvalue weighted by Crippen LogP contribution is 2.31. The van der Waals surface area contributed by atoms with Crippen molar-refractivity contribution in [1.29, 1.82) is 0 Å². The lowest BCUT2D eigenvalue weighted by atomic mass is 9.98. The molecule has 0 atom stereocenters. The molecular formula is C23H23F3N2O3S. The first-order chi connectivity index (χ1) is 14.9. The number of fused-ring (bicyclic) bond motifs is 3. The Hall–Kier alpha value is -2.81. The first-order valence-corrected chi connectivity index (χ1v) is 11.1. The Morgan fingerprint density at radius 1 is 1.09 bits per heavy atom. The van der Waals surface area contributed by atoms with Crippen LogP contribution in [-0.4, -0.2) is 27.7 Å². The standard InChI is InChI=1S/C23H23F3N2O3S/c1-22(2,3)31-21(30)27-10-8-16-17-9-11-32-20(17)28(19(29)18(16)13-27)12-14-4-6-15(7-5-14)23(24,25)26/h4-7,9,11H,8,10,12-13H2,1-3H3. The van der Waals surface area contributed by atoms with Gasteiger partial charge in [-0.05, 0) is 61.9 Å². The molecule has 0 spiro atoms. The number of benzene rings is 1. The number of alkyl halides is 3. The average Bonchev–Trinajstić information content (AvgIpc) is 3.19. The van der Waals surface area contributed by atoms with Crippen LogP contribution in [0.2, 0.25) is 0 Å². The molecule has 170 valence electrons. The van der Waals surface area contributed by atoms with Crippen LogP contribution in [0.5, 0.6) is 0 Å². The normalized spacial score (nSPS) is 14.5. The summed E-state index contributed by atoms with van der Waals surface area (Å²) in [5.41, 5.74) is 0.442. The van der Waals surface area contributed by atoms with E-state index < -0.39 is 23.4 Å². The number of carbonyl (C=O) groups excluding carboxylic acids is 1. The summed E-state index contributed by atoms with van der Waals surface area (Å²) in [5.74, 6) is 0. The molecule has 3 heterocycles. The van der Waals surface area contributed by atoms with Crippen LogP contribution in [0.3, 0.4) is 0 Å². The summed E-state index contributed by atoms with van der Waals surface area (Å²) in [4.78, 5) is 28.3. The summed E-state index contributed by atoms with van der Waals surface area (Å²) in [5, 5.41) is 2.84. The van der Waals surface area contributed by atoms with Gasteiger partial charge in [-0.3, -0.25) is 9.36 Å². The van der Waals surface area contributed by atoms with Gasteiger partial charge in [-0.2, -0.15) is 13.2 Å². The molecule has 0 aliphatic carbocycles. The zero-order valence-electron chi connectivity index (χ0n) is 18.0. The lowest BCUT2D eigenvalue weighted by Crippen LogP contribution is -2.42. The molecule has 1 aliphatic rings. The third-order valence-corrected chi connectivity index (χ3v) is 6.27. The molecule has 0 N–H and O–H groups in total. The third-order valence-electron chi connectivity index (χ3n) is 5.34. The molecule has 0 radical (unpaired) electrons. The molecule has 5 nitrogen and oxygen atoms in total. The molecule has 0 bridgehead atoms. The number of hydrogen-bond donors (Lipinski definition) is 0. The van der Waals surface area contributed by atoms with Gasteiger partial charge < -0.3 is 9.64 Å². The Kier molecular flexibility index (Phi) is 5.56. The molecule has 32 heavy (non-hydrogen) atoms. The van der Waals surface area contributed by atoms with E-state index in [9.17, 15) is 22.8 Å². The molecule has 0 unspecified atom stereocenters. The summed E-state index contributed by atoms with van der Waals surface area (Å²) in [6, 6.07) is 6.77. The number of halogens is 3. The monoisotopic (exact) mass is 464 g/mol. The fourth-order valence-electron chi connectivity index (χ4n) is 3.86. The third kappa shape index (κ3) is 4.39. The Labute approximate surface area is 187 Å². The van der Waals surface area contributed by atoms with E-state index >= 15 is 0 Å². The van der Waals surface area contributed by atoms with Gasteiger partial charge in [-0.15, -0.1) is 11.3 Å². The van der Waals surface area contributed by atoms with Crippen LogP contribution in [0, 0.1) is 0 Å². The second-order valence-corrected chi connectivity index (χ2v) is 9.73. The van der Waals surface area contributed by atoms with Crippen molar-refractivity contribution in [2.45, 2.75) is 52.1 Å². The Morgan fingerprint density at radius 2 is 1.78 bits per heavy atom. The van der Waals surface area contributed by atoms with Crippen LogP contribution < -0.4 is 5.56 Å². The van der Waals surface area contributed by atoms with Gasteiger partial charge in [-0.1, -0.05) is 12.1 Å². The maximum absolute atomic E-state index is 13.4. The minimum atomic E-state index is -4.41. The predicted molar refractivity (Wildman–Crippen MR) is 117 cm³/mol. The highest BCUT2D eigenvalue weighted by molar-refractivity contribution is 7.16. The second-order valence-electron chi connectivity index (χ2n) is 8.83. The van der Waals surface area contributed by atoms with E-state index in [2.05, 4.69) is 0 Å². The number of amides is 1. The van der Waals surface area contributed by atoms with E-state index in [0.29, 0.717) is 24.1 Å². The summed E-state index contributed by atoms with van der Waals surface area (Å²) in [6.07, 6.45) is -4.34. The van der Waals surface area contributed by atoms with Gasteiger partial charge in [-0.25, -0.2) is 4.79 Å². The molecule has 0 saturated heterocycles. The molecule has 2 aromatic heterocycles. The van der Waals surface area contributed by atoms with Gasteiger partial charge in [0.15, 0.2) is 0 Å². The fourth-order valence-corrected chi connectivity index (χ4v) is 4.79. The molecule has 0 saturated carbocycles. The molecule has 9 heteroatoms. The van der Waals surface area contributed by atoms with Crippen molar-refractivity contribution in [3.05, 3.63) is 68.3 Å². The van der Waals surface area contributed by atoms with Crippen LogP contribution in [0.15, 0.2) is 40.5 Å². The van der Waals surface area contributed by atoms with E-state index in [4.69, 9.17) is 4.74 Å². The molecular weight excluding hydrogens is 441 g/mol. The first-order valence-electron chi connectivity index (χ1n) is 10.2. The molecule has 4 rings (SSSR count). The van der Waals surface area contributed by atoms with E-state index in [1.807, 2.05) is 11.4 Å². The van der Waals surface area contributed by atoms with E-state index in [0.717, 1.165) is 27.9 Å². The van der Waals surface area contributed by atoms with Gasteiger partial charge in [0.1, 0.15) is 10.4 Å². The maximum Gasteiger partial charge on any atom is 0.416 e. The highest BCUT2D eigenvalue weighted by Gasteiger charge is 2.31. The number of thiophene rings is 1. The lowest BCUT2D eigenvalue weighted by Gasteiger charge is -2.31. The first kappa shape index (κ1) is 22.4. The largest absolute Gasteiger partial charge is 0.444 e. The van der Waals surface area contributed by atoms with Crippen molar-refractivity contribution >= 4 is 27.6 Å². The molecule has 1 aromatic carbocycles. The van der Waals surface area contributed by atoms with E-state index in [1.54, 1.807) is 25.3 Å². The number of pyridine rings is 1. The molecule has 1 amide bonds. The minimum absolute atomic E-state index is 0.141. The van der Waals surface area contributed by atoms with Gasteiger partial charge in [0.05, 0.1) is 18.7 Å². The van der Waals surface area contributed by atoms with Crippen LogP contribution >= 0.6 is 11.3 Å². The lowest BCUT2D eigenvalue weighted by molar-refractivity contribution is -0.137. The van der Waals surface area contributed by atoms with Crippen molar-refractivity contribution in [1.82, 2.24) is 9.47 Å². The van der Waals surface area contributed by atoms with Crippen molar-refractivity contribution in [2.24, 2.45) is 0 Å². The summed E-state index contributed by atoms with van der Waals surface area (Å²) in [6.45, 7) is 6.10. The van der Waals surface area contributed by atoms with Crippen LogP contribution in [0.1, 0.15) is 43.0 Å². The summed E-state index contributed by atoms with van der Waals surface area (Å²) >= 11 is 1.42. The SMILES string of the molecule is CC(C)(C)OC(=O)N1CCc2c(c(=O)n(Cc3ccc(C(F)(F)F)cc3)c3sccc23)C1. The number of nitrogens with zero attached hydrogens (tertiary/aromatic N) is 2. The Bertz CT molecular complexity index is 1220. The van der Waals surface area contributed by atoms with Crippen molar-refractivity contribution in [2.75, 3.05) is 6.54 Å². The predicted octanol–water partition coefficient (Wildman–Crippen LogP) is 5.42. The van der Waals surface area contributed by atoms with Gasteiger partial charge in [0.2, 0.25) is 0 Å². The summed E-state index contributed by atoms with van der Waals surface area (Å²) in [7, 11) is 0. The number of aromatic nitrogens is 1. The van der Waals surface area contributed by atoms with E-state index in [-0.39, 0.29) is 18.6 Å². The number of ether oxygens (including phenoxy) is 1. The van der Waals surface area contributed by atoms with Gasteiger partial charge in [0.25, 0.3) is 5.56 Å². The fraction of sp³-hybridized carbons (Fsp3) is 0.391. The van der Waals surface area contributed by atoms with Gasteiger partial charge >= 0.3 is 12.3 Å². The van der Waals surface area contributed by atoms with Crippen molar-refractivity contribution in [3.63, 3.8) is 0 Å². The topological polar surface area (TPSA) is 51.5 Å². The number of carbonyl (C=O) groups is 1. The number of rotatable bonds is 2. The molecule has 1 aliphatic heterocycles. The highest BCUT2D eigenvalue weighted by atomic mass is 32.1. The quantitative estimate of drug-likeness (QED) is 0.509. The molecule has 3 aromatic rings. The van der Waals surface area contributed by atoms with Crippen LogP contribution in [0.4, 0.5) is 18.0 Å². The smallest absolute Gasteiger partial charge is 0.416 e. The van der Waals surface area contributed by atoms with Crippen molar-refractivity contribution in [3.8, 4) is 0 Å². The van der Waals surface area contributed by atoms with E-state index in [1.165, 1.54) is 28.4 Å². The Balaban J connectivity index is 1.70. The Morgan fingerprint density at radius 3 is 2.41 bits per heavy atom. The zero-order chi connectivity index (χ0) is 23.3. The van der Waals surface area contributed by atoms with Crippen LogP contribution in [0.25, 0.3) is 10.2 Å².